The smallest absolute Gasteiger partial charge is 0.374 e. The molecule has 0 saturated carbocycles. The number of rotatable bonds is 3. The lowest BCUT2D eigenvalue weighted by Gasteiger charge is -2.22. The number of aryl methyl sites for hydroxylation is 1. The summed E-state index contributed by atoms with van der Waals surface area (Å²) in [7, 11) is 1.62. The van der Waals surface area contributed by atoms with Crippen molar-refractivity contribution in [1.29, 1.82) is 0 Å². The number of hydrogen-bond donors (Lipinski definition) is 1. The average Bonchev–Trinajstić information content (AvgIpc) is 2.96. The Kier molecular flexibility index (Phi) is 3.41. The molecule has 3 rings (SSSR count). The molecule has 0 radical (unpaired) electrons. The second-order valence-corrected chi connectivity index (χ2v) is 5.32. The van der Waals surface area contributed by atoms with Gasteiger partial charge in [-0.05, 0) is 55.4 Å². The minimum absolute atomic E-state index is 0.155. The Bertz CT molecular complexity index is 703. The zero-order valence-corrected chi connectivity index (χ0v) is 12.1. The van der Waals surface area contributed by atoms with Crippen LogP contribution in [0.5, 0.6) is 5.75 Å². The van der Waals surface area contributed by atoms with Crippen LogP contribution in [0, 0.1) is 6.92 Å². The molecule has 0 aliphatic heterocycles. The highest BCUT2D eigenvalue weighted by atomic mass is 16.5. The van der Waals surface area contributed by atoms with E-state index in [4.69, 9.17) is 14.4 Å². The zero-order valence-electron chi connectivity index (χ0n) is 12.1. The quantitative estimate of drug-likeness (QED) is 0.938. The molecule has 0 amide bonds. The summed E-state index contributed by atoms with van der Waals surface area (Å²) in [6.45, 7) is 2.09. The van der Waals surface area contributed by atoms with Crippen molar-refractivity contribution in [2.24, 2.45) is 0 Å². The van der Waals surface area contributed by atoms with Crippen LogP contribution in [0.3, 0.4) is 0 Å². The third-order valence-corrected chi connectivity index (χ3v) is 4.04. The average molecular weight is 287 g/mol. The van der Waals surface area contributed by atoms with Crippen LogP contribution >= 0.6 is 0 Å². The van der Waals surface area contributed by atoms with Crippen LogP contribution in [-0.2, 0) is 12.8 Å². The number of carboxylic acid groups (broad SMARTS) is 1. The topological polar surface area (TPSA) is 72.6 Å². The van der Waals surface area contributed by atoms with Crippen molar-refractivity contribution in [3.05, 3.63) is 34.6 Å². The number of benzene rings is 1. The zero-order chi connectivity index (χ0) is 15.0. The lowest BCUT2D eigenvalue weighted by molar-refractivity contribution is 0.0652. The standard InChI is InChI=1S/C16H17NO4/c1-9-7-13(20-2)15(11-6-4-3-5-10(9)11)12-8-14(16(18)19)21-17-12/h7-8H,3-6H2,1-2H3,(H,18,19). The van der Waals surface area contributed by atoms with Gasteiger partial charge in [-0.1, -0.05) is 5.16 Å². The summed E-state index contributed by atoms with van der Waals surface area (Å²) in [4.78, 5) is 11.0. The molecular weight excluding hydrogens is 270 g/mol. The van der Waals surface area contributed by atoms with Gasteiger partial charge in [0.05, 0.1) is 7.11 Å². The Morgan fingerprint density at radius 3 is 2.62 bits per heavy atom. The highest BCUT2D eigenvalue weighted by Crippen LogP contribution is 2.40. The van der Waals surface area contributed by atoms with E-state index >= 15 is 0 Å². The molecule has 5 heteroatoms. The van der Waals surface area contributed by atoms with Crippen molar-refractivity contribution < 1.29 is 19.2 Å². The number of carboxylic acids is 1. The van der Waals surface area contributed by atoms with Crippen LogP contribution in [0.4, 0.5) is 0 Å². The van der Waals surface area contributed by atoms with Crippen LogP contribution in [0.25, 0.3) is 11.3 Å². The molecule has 1 aromatic heterocycles. The van der Waals surface area contributed by atoms with Gasteiger partial charge in [0.15, 0.2) is 0 Å². The van der Waals surface area contributed by atoms with Gasteiger partial charge in [-0.2, -0.15) is 0 Å². The van der Waals surface area contributed by atoms with Crippen molar-refractivity contribution in [2.75, 3.05) is 7.11 Å². The number of ether oxygens (including phenoxy) is 1. The van der Waals surface area contributed by atoms with E-state index in [9.17, 15) is 4.79 Å². The van der Waals surface area contributed by atoms with Crippen molar-refractivity contribution in [3.63, 3.8) is 0 Å². The number of aromatic nitrogens is 1. The van der Waals surface area contributed by atoms with E-state index in [0.717, 1.165) is 30.6 Å². The number of carbonyl (C=O) groups is 1. The molecule has 1 aromatic carbocycles. The Balaban J connectivity index is 2.21. The number of nitrogens with zero attached hydrogens (tertiary/aromatic N) is 1. The van der Waals surface area contributed by atoms with Crippen LogP contribution in [0.15, 0.2) is 16.7 Å². The Labute approximate surface area is 122 Å². The fourth-order valence-electron chi connectivity index (χ4n) is 3.06. The van der Waals surface area contributed by atoms with Crippen molar-refractivity contribution in [2.45, 2.75) is 32.6 Å². The van der Waals surface area contributed by atoms with Gasteiger partial charge in [0.1, 0.15) is 11.4 Å². The predicted octanol–water partition coefficient (Wildman–Crippen LogP) is 3.24. The SMILES string of the molecule is COc1cc(C)c2c(c1-c1cc(C(=O)O)on1)CCCC2. The molecule has 1 N–H and O–H groups in total. The first-order chi connectivity index (χ1) is 10.1. The molecule has 0 spiro atoms. The van der Waals surface area contributed by atoms with Gasteiger partial charge < -0.3 is 14.4 Å². The molecule has 0 unspecified atom stereocenters. The molecule has 5 nitrogen and oxygen atoms in total. The van der Waals surface area contributed by atoms with E-state index in [-0.39, 0.29) is 5.76 Å². The Morgan fingerprint density at radius 1 is 1.29 bits per heavy atom. The summed E-state index contributed by atoms with van der Waals surface area (Å²) in [5.41, 5.74) is 5.16. The summed E-state index contributed by atoms with van der Waals surface area (Å²) in [5, 5.41) is 12.9. The number of methoxy groups -OCH3 is 1. The lowest BCUT2D eigenvalue weighted by atomic mass is 9.84. The summed E-state index contributed by atoms with van der Waals surface area (Å²) in [5.74, 6) is -0.552. The second-order valence-electron chi connectivity index (χ2n) is 5.32. The minimum atomic E-state index is -1.12. The number of aromatic carboxylic acids is 1. The van der Waals surface area contributed by atoms with Gasteiger partial charge in [0, 0.05) is 11.6 Å². The maximum absolute atomic E-state index is 11.0. The van der Waals surface area contributed by atoms with E-state index in [0.29, 0.717) is 5.69 Å². The highest BCUT2D eigenvalue weighted by molar-refractivity contribution is 5.86. The molecule has 0 atom stereocenters. The molecule has 2 aromatic rings. The van der Waals surface area contributed by atoms with E-state index in [1.807, 2.05) is 6.07 Å². The molecule has 0 saturated heterocycles. The van der Waals surface area contributed by atoms with Crippen LogP contribution in [-0.4, -0.2) is 23.3 Å². The Morgan fingerprint density at radius 2 is 2.00 bits per heavy atom. The molecule has 21 heavy (non-hydrogen) atoms. The molecule has 1 heterocycles. The Hall–Kier alpha value is -2.30. The van der Waals surface area contributed by atoms with Crippen molar-refractivity contribution in [3.8, 4) is 17.0 Å². The van der Waals surface area contributed by atoms with Crippen LogP contribution in [0.1, 0.15) is 40.1 Å². The van der Waals surface area contributed by atoms with E-state index in [2.05, 4.69) is 12.1 Å². The molecule has 0 fully saturated rings. The monoisotopic (exact) mass is 287 g/mol. The van der Waals surface area contributed by atoms with Gasteiger partial charge in [-0.25, -0.2) is 4.79 Å². The van der Waals surface area contributed by atoms with Gasteiger partial charge in [0.2, 0.25) is 5.76 Å². The van der Waals surface area contributed by atoms with Crippen LogP contribution in [0.2, 0.25) is 0 Å². The largest absolute Gasteiger partial charge is 0.496 e. The van der Waals surface area contributed by atoms with Crippen LogP contribution < -0.4 is 4.74 Å². The van der Waals surface area contributed by atoms with E-state index in [1.54, 1.807) is 7.11 Å². The minimum Gasteiger partial charge on any atom is -0.496 e. The first-order valence-electron chi connectivity index (χ1n) is 7.01. The van der Waals surface area contributed by atoms with Gasteiger partial charge in [-0.15, -0.1) is 0 Å². The fourth-order valence-corrected chi connectivity index (χ4v) is 3.06. The second kappa shape index (κ2) is 5.24. The maximum atomic E-state index is 11.0. The summed E-state index contributed by atoms with van der Waals surface area (Å²) < 4.78 is 10.4. The first kappa shape index (κ1) is 13.7. The molecule has 1 aliphatic carbocycles. The van der Waals surface area contributed by atoms with Gasteiger partial charge >= 0.3 is 5.97 Å². The molecular formula is C16H17NO4. The number of fused-ring (bicyclic) bond motifs is 1. The molecule has 110 valence electrons. The van der Waals surface area contributed by atoms with Crippen molar-refractivity contribution in [1.82, 2.24) is 5.16 Å². The first-order valence-corrected chi connectivity index (χ1v) is 7.01. The molecule has 1 aliphatic rings. The summed E-state index contributed by atoms with van der Waals surface area (Å²) in [6.07, 6.45) is 4.30. The lowest BCUT2D eigenvalue weighted by Crippen LogP contribution is -2.08. The highest BCUT2D eigenvalue weighted by Gasteiger charge is 2.24. The molecule has 0 bridgehead atoms. The van der Waals surface area contributed by atoms with Gasteiger partial charge in [0.25, 0.3) is 0 Å². The summed E-state index contributed by atoms with van der Waals surface area (Å²) in [6, 6.07) is 3.46. The number of hydrogen-bond acceptors (Lipinski definition) is 4. The van der Waals surface area contributed by atoms with E-state index < -0.39 is 5.97 Å². The fraction of sp³-hybridized carbons (Fsp3) is 0.375. The maximum Gasteiger partial charge on any atom is 0.374 e. The normalized spacial score (nSPS) is 13.8. The third-order valence-electron chi connectivity index (χ3n) is 4.04. The van der Waals surface area contributed by atoms with Crippen molar-refractivity contribution >= 4 is 5.97 Å². The third kappa shape index (κ3) is 2.28. The van der Waals surface area contributed by atoms with Gasteiger partial charge in [-0.3, -0.25) is 0 Å². The van der Waals surface area contributed by atoms with E-state index in [1.165, 1.54) is 29.2 Å². The summed E-state index contributed by atoms with van der Waals surface area (Å²) >= 11 is 0. The predicted molar refractivity (Wildman–Crippen MR) is 76.8 cm³/mol.